The second kappa shape index (κ2) is 6.58. The number of rotatable bonds is 6. The highest BCUT2D eigenvalue weighted by atomic mass is 28.3. The minimum Gasteiger partial charge on any atom is -0.493 e. The minimum atomic E-state index is -0.403. The number of ether oxygens (including phenoxy) is 2. The highest BCUT2D eigenvalue weighted by molar-refractivity contribution is 6.55. The average Bonchev–Trinajstić information content (AvgIpc) is 2.28. The van der Waals surface area contributed by atoms with Crippen molar-refractivity contribution >= 4 is 8.80 Å². The van der Waals surface area contributed by atoms with Gasteiger partial charge in [-0.25, -0.2) is 0 Å². The molecular formula is C13H22O2Si. The monoisotopic (exact) mass is 238 g/mol. The number of aryl methyl sites for hydroxylation is 1. The van der Waals surface area contributed by atoms with E-state index in [1.165, 1.54) is 18.0 Å². The molecule has 0 aliphatic carbocycles. The Kier molecular flexibility index (Phi) is 5.39. The van der Waals surface area contributed by atoms with E-state index in [4.69, 9.17) is 9.47 Å². The van der Waals surface area contributed by atoms with E-state index in [-0.39, 0.29) is 0 Å². The van der Waals surface area contributed by atoms with Crippen molar-refractivity contribution in [3.05, 3.63) is 23.8 Å². The molecule has 2 nitrogen and oxygen atoms in total. The first kappa shape index (κ1) is 13.1. The van der Waals surface area contributed by atoms with Gasteiger partial charge in [0.25, 0.3) is 0 Å². The van der Waals surface area contributed by atoms with Crippen LogP contribution < -0.4 is 9.47 Å². The summed E-state index contributed by atoms with van der Waals surface area (Å²) in [7, 11) is 2.95. The zero-order valence-corrected chi connectivity index (χ0v) is 11.9. The van der Waals surface area contributed by atoms with Crippen molar-refractivity contribution in [2.45, 2.75) is 32.0 Å². The van der Waals surface area contributed by atoms with Crippen LogP contribution >= 0.6 is 0 Å². The SMILES string of the molecule is COc1ccc(CCC[SiH](C)C)cc1OC. The molecule has 0 saturated heterocycles. The first-order valence-electron chi connectivity index (χ1n) is 5.88. The molecule has 0 amide bonds. The Labute approximate surface area is 100 Å². The molecule has 1 rings (SSSR count). The van der Waals surface area contributed by atoms with E-state index in [0.29, 0.717) is 0 Å². The molecule has 0 N–H and O–H groups in total. The van der Waals surface area contributed by atoms with Gasteiger partial charge in [-0.1, -0.05) is 31.6 Å². The quantitative estimate of drug-likeness (QED) is 0.709. The van der Waals surface area contributed by atoms with E-state index < -0.39 is 8.80 Å². The van der Waals surface area contributed by atoms with E-state index in [0.717, 1.165) is 17.9 Å². The van der Waals surface area contributed by atoms with Crippen LogP contribution in [-0.4, -0.2) is 23.0 Å². The molecule has 0 heterocycles. The van der Waals surface area contributed by atoms with Gasteiger partial charge in [-0.2, -0.15) is 0 Å². The molecule has 1 aromatic carbocycles. The zero-order valence-electron chi connectivity index (χ0n) is 10.7. The Morgan fingerprint density at radius 3 is 2.31 bits per heavy atom. The van der Waals surface area contributed by atoms with E-state index in [9.17, 15) is 0 Å². The molecule has 0 aromatic heterocycles. The van der Waals surface area contributed by atoms with Gasteiger partial charge in [0.1, 0.15) is 0 Å². The van der Waals surface area contributed by atoms with Crippen molar-refractivity contribution in [2.75, 3.05) is 14.2 Å². The van der Waals surface area contributed by atoms with Crippen LogP contribution in [0.5, 0.6) is 11.5 Å². The summed E-state index contributed by atoms with van der Waals surface area (Å²) >= 11 is 0. The Morgan fingerprint density at radius 2 is 1.75 bits per heavy atom. The molecule has 0 saturated carbocycles. The largest absolute Gasteiger partial charge is 0.493 e. The van der Waals surface area contributed by atoms with Gasteiger partial charge in [0.2, 0.25) is 0 Å². The average molecular weight is 238 g/mol. The molecule has 90 valence electrons. The molecule has 0 radical (unpaired) electrons. The number of methoxy groups -OCH3 is 2. The second-order valence-corrected chi connectivity index (χ2v) is 7.84. The van der Waals surface area contributed by atoms with Gasteiger partial charge < -0.3 is 9.47 Å². The van der Waals surface area contributed by atoms with E-state index in [2.05, 4.69) is 25.2 Å². The number of hydrogen-bond donors (Lipinski definition) is 0. The Morgan fingerprint density at radius 1 is 1.06 bits per heavy atom. The molecule has 0 aliphatic heterocycles. The van der Waals surface area contributed by atoms with E-state index >= 15 is 0 Å². The lowest BCUT2D eigenvalue weighted by Crippen LogP contribution is -1.99. The predicted octanol–water partition coefficient (Wildman–Crippen LogP) is 3.12. The summed E-state index contributed by atoms with van der Waals surface area (Å²) in [6, 6.07) is 7.61. The third-order valence-corrected chi connectivity index (χ3v) is 4.26. The van der Waals surface area contributed by atoms with Crippen molar-refractivity contribution in [3.8, 4) is 11.5 Å². The summed E-state index contributed by atoms with van der Waals surface area (Å²) in [6.45, 7) is 4.79. The zero-order chi connectivity index (χ0) is 12.0. The molecular weight excluding hydrogens is 216 g/mol. The summed E-state index contributed by atoms with van der Waals surface area (Å²) < 4.78 is 10.5. The van der Waals surface area contributed by atoms with Crippen LogP contribution in [0.4, 0.5) is 0 Å². The third-order valence-electron chi connectivity index (χ3n) is 2.69. The van der Waals surface area contributed by atoms with Crippen LogP contribution in [0.3, 0.4) is 0 Å². The first-order valence-corrected chi connectivity index (χ1v) is 9.01. The minimum absolute atomic E-state index is 0.403. The Bertz CT molecular complexity index is 324. The van der Waals surface area contributed by atoms with E-state index in [1.807, 2.05) is 6.07 Å². The number of benzene rings is 1. The lowest BCUT2D eigenvalue weighted by molar-refractivity contribution is 0.354. The van der Waals surface area contributed by atoms with Crippen LogP contribution in [-0.2, 0) is 6.42 Å². The van der Waals surface area contributed by atoms with Crippen molar-refractivity contribution in [1.82, 2.24) is 0 Å². The molecule has 1 aromatic rings. The fourth-order valence-electron chi connectivity index (χ4n) is 1.75. The normalized spacial score (nSPS) is 10.6. The van der Waals surface area contributed by atoms with Crippen LogP contribution in [0.15, 0.2) is 18.2 Å². The van der Waals surface area contributed by atoms with Gasteiger partial charge in [-0.15, -0.1) is 0 Å². The maximum absolute atomic E-state index is 5.29. The van der Waals surface area contributed by atoms with Gasteiger partial charge in [-0.05, 0) is 24.1 Å². The van der Waals surface area contributed by atoms with Gasteiger partial charge in [0.15, 0.2) is 11.5 Å². The summed E-state index contributed by atoms with van der Waals surface area (Å²) in [5.74, 6) is 1.64. The van der Waals surface area contributed by atoms with Crippen LogP contribution in [0, 0.1) is 0 Å². The van der Waals surface area contributed by atoms with Gasteiger partial charge in [0.05, 0.1) is 14.2 Å². The van der Waals surface area contributed by atoms with Crippen molar-refractivity contribution in [2.24, 2.45) is 0 Å². The maximum Gasteiger partial charge on any atom is 0.160 e. The predicted molar refractivity (Wildman–Crippen MR) is 71.6 cm³/mol. The molecule has 0 unspecified atom stereocenters. The molecule has 0 aliphatic rings. The molecule has 0 spiro atoms. The van der Waals surface area contributed by atoms with Crippen molar-refractivity contribution in [3.63, 3.8) is 0 Å². The summed E-state index contributed by atoms with van der Waals surface area (Å²) in [4.78, 5) is 0. The standard InChI is InChI=1S/C13H22O2Si/c1-14-12-8-7-11(10-13(12)15-2)6-5-9-16(3)4/h7-8,10,16H,5-6,9H2,1-4H3. The summed E-state index contributed by atoms with van der Waals surface area (Å²) in [6.07, 6.45) is 2.44. The van der Waals surface area contributed by atoms with Gasteiger partial charge in [0, 0.05) is 8.80 Å². The molecule has 0 atom stereocenters. The van der Waals surface area contributed by atoms with Crippen molar-refractivity contribution < 1.29 is 9.47 Å². The number of hydrogen-bond acceptors (Lipinski definition) is 2. The van der Waals surface area contributed by atoms with E-state index in [1.54, 1.807) is 14.2 Å². The van der Waals surface area contributed by atoms with Gasteiger partial charge >= 0.3 is 0 Å². The maximum atomic E-state index is 5.29. The van der Waals surface area contributed by atoms with Gasteiger partial charge in [-0.3, -0.25) is 0 Å². The smallest absolute Gasteiger partial charge is 0.160 e. The third kappa shape index (κ3) is 3.89. The van der Waals surface area contributed by atoms with Crippen LogP contribution in [0.1, 0.15) is 12.0 Å². The topological polar surface area (TPSA) is 18.5 Å². The molecule has 0 fully saturated rings. The van der Waals surface area contributed by atoms with Crippen LogP contribution in [0.25, 0.3) is 0 Å². The second-order valence-electron chi connectivity index (χ2n) is 4.48. The Hall–Kier alpha value is -0.963. The summed E-state index contributed by atoms with van der Waals surface area (Å²) in [5.41, 5.74) is 1.34. The highest BCUT2D eigenvalue weighted by Crippen LogP contribution is 2.28. The van der Waals surface area contributed by atoms with Crippen molar-refractivity contribution in [1.29, 1.82) is 0 Å². The summed E-state index contributed by atoms with van der Waals surface area (Å²) in [5, 5.41) is 0. The molecule has 3 heteroatoms. The molecule has 0 bridgehead atoms. The fraction of sp³-hybridized carbons (Fsp3) is 0.538. The lowest BCUT2D eigenvalue weighted by atomic mass is 10.1. The van der Waals surface area contributed by atoms with Crippen LogP contribution in [0.2, 0.25) is 19.1 Å². The lowest BCUT2D eigenvalue weighted by Gasteiger charge is -2.09. The fourth-order valence-corrected chi connectivity index (χ4v) is 2.77. The molecule has 16 heavy (non-hydrogen) atoms. The highest BCUT2D eigenvalue weighted by Gasteiger charge is 2.04. The first-order chi connectivity index (χ1) is 7.67. The Balaban J connectivity index is 2.60.